The van der Waals surface area contributed by atoms with E-state index in [1.54, 1.807) is 17.1 Å². The molecule has 0 saturated heterocycles. The largest absolute Gasteiger partial charge is 0.419 e. The van der Waals surface area contributed by atoms with Crippen LogP contribution in [0, 0.1) is 5.82 Å². The van der Waals surface area contributed by atoms with Crippen molar-refractivity contribution in [2.45, 2.75) is 32.5 Å². The van der Waals surface area contributed by atoms with Crippen LogP contribution in [0.4, 0.5) is 17.6 Å². The highest BCUT2D eigenvalue weighted by Gasteiger charge is 2.34. The van der Waals surface area contributed by atoms with Gasteiger partial charge in [-0.2, -0.15) is 18.3 Å². The smallest absolute Gasteiger partial charge is 0.270 e. The van der Waals surface area contributed by atoms with Gasteiger partial charge in [-0.1, -0.05) is 12.1 Å². The molecule has 0 radical (unpaired) electrons. The Hall–Kier alpha value is -1.85. The molecule has 2 rings (SSSR count). The summed E-state index contributed by atoms with van der Waals surface area (Å²) in [5.41, 5.74) is -0.536. The molecule has 1 aromatic carbocycles. The van der Waals surface area contributed by atoms with E-state index in [1.165, 1.54) is 12.1 Å². The van der Waals surface area contributed by atoms with Gasteiger partial charge in [0.25, 0.3) is 0 Å². The third-order valence-corrected chi connectivity index (χ3v) is 2.96. The Morgan fingerprint density at radius 3 is 2.50 bits per heavy atom. The lowest BCUT2D eigenvalue weighted by molar-refractivity contribution is -0.140. The highest BCUT2D eigenvalue weighted by molar-refractivity contribution is 5.31. The van der Waals surface area contributed by atoms with Crippen molar-refractivity contribution in [2.24, 2.45) is 0 Å². The zero-order chi connectivity index (χ0) is 14.9. The average Bonchev–Trinajstić information content (AvgIpc) is 2.79. The van der Waals surface area contributed by atoms with Gasteiger partial charge in [0.2, 0.25) is 0 Å². The number of hydrogen-bond acceptors (Lipinski definition) is 1. The molecule has 0 aliphatic carbocycles. The molecule has 20 heavy (non-hydrogen) atoms. The molecule has 0 saturated carbocycles. The van der Waals surface area contributed by atoms with Gasteiger partial charge >= 0.3 is 6.18 Å². The number of halogens is 4. The van der Waals surface area contributed by atoms with Gasteiger partial charge in [-0.15, -0.1) is 0 Å². The lowest BCUT2D eigenvalue weighted by atomic mass is 10.0. The maximum Gasteiger partial charge on any atom is 0.419 e. The lowest BCUT2D eigenvalue weighted by Crippen LogP contribution is -2.10. The minimum Gasteiger partial charge on any atom is -0.270 e. The molecule has 2 aromatic rings. The zero-order valence-electron chi connectivity index (χ0n) is 11.1. The van der Waals surface area contributed by atoms with Crippen LogP contribution in [0.2, 0.25) is 0 Å². The average molecular weight is 286 g/mol. The summed E-state index contributed by atoms with van der Waals surface area (Å²) in [4.78, 5) is 0. The number of rotatable bonds is 3. The summed E-state index contributed by atoms with van der Waals surface area (Å²) in [5, 5.41) is 4.08. The molecule has 1 heterocycles. The normalized spacial score (nSPS) is 12.2. The summed E-state index contributed by atoms with van der Waals surface area (Å²) >= 11 is 0. The van der Waals surface area contributed by atoms with Crippen LogP contribution in [-0.4, -0.2) is 9.78 Å². The van der Waals surface area contributed by atoms with Crippen LogP contribution in [0.3, 0.4) is 0 Å². The van der Waals surface area contributed by atoms with E-state index in [-0.39, 0.29) is 18.0 Å². The monoisotopic (exact) mass is 286 g/mol. The Balaban J connectivity index is 2.29. The number of aromatic nitrogens is 2. The van der Waals surface area contributed by atoms with Crippen molar-refractivity contribution in [1.82, 2.24) is 9.78 Å². The van der Waals surface area contributed by atoms with Crippen molar-refractivity contribution in [1.29, 1.82) is 0 Å². The van der Waals surface area contributed by atoms with Crippen molar-refractivity contribution in [3.8, 4) is 0 Å². The van der Waals surface area contributed by atoms with Crippen molar-refractivity contribution >= 4 is 0 Å². The first kappa shape index (κ1) is 14.6. The molecule has 0 N–H and O–H groups in total. The Morgan fingerprint density at radius 1 is 1.25 bits per heavy atom. The second-order valence-electron chi connectivity index (χ2n) is 4.88. The van der Waals surface area contributed by atoms with Gasteiger partial charge < -0.3 is 0 Å². The summed E-state index contributed by atoms with van der Waals surface area (Å²) in [6.45, 7) is 3.86. The lowest BCUT2D eigenvalue weighted by Gasteiger charge is -2.10. The molecule has 0 aliphatic heterocycles. The van der Waals surface area contributed by atoms with E-state index in [0.717, 1.165) is 6.07 Å². The van der Waals surface area contributed by atoms with E-state index in [1.807, 2.05) is 13.8 Å². The van der Waals surface area contributed by atoms with Gasteiger partial charge in [0, 0.05) is 18.7 Å². The predicted molar refractivity (Wildman–Crippen MR) is 66.8 cm³/mol. The van der Waals surface area contributed by atoms with Gasteiger partial charge in [-0.05, 0) is 31.0 Å². The molecule has 0 spiro atoms. The topological polar surface area (TPSA) is 17.8 Å². The van der Waals surface area contributed by atoms with Crippen molar-refractivity contribution in [2.75, 3.05) is 0 Å². The first-order valence-electron chi connectivity index (χ1n) is 6.16. The van der Waals surface area contributed by atoms with E-state index >= 15 is 0 Å². The summed E-state index contributed by atoms with van der Waals surface area (Å²) in [6.07, 6.45) is -1.34. The summed E-state index contributed by atoms with van der Waals surface area (Å²) in [7, 11) is 0. The fourth-order valence-electron chi connectivity index (χ4n) is 1.91. The second-order valence-corrected chi connectivity index (χ2v) is 4.88. The van der Waals surface area contributed by atoms with Gasteiger partial charge in [0.05, 0.1) is 11.8 Å². The molecular formula is C14H14F4N2. The molecule has 0 bridgehead atoms. The third-order valence-electron chi connectivity index (χ3n) is 2.96. The molecule has 0 amide bonds. The number of alkyl halides is 3. The minimum absolute atomic E-state index is 0.0168. The second kappa shape index (κ2) is 5.26. The van der Waals surface area contributed by atoms with Crippen molar-refractivity contribution in [3.63, 3.8) is 0 Å². The van der Waals surface area contributed by atoms with Gasteiger partial charge in [-0.25, -0.2) is 4.39 Å². The number of nitrogens with zero attached hydrogens (tertiary/aromatic N) is 2. The summed E-state index contributed by atoms with van der Waals surface area (Å²) in [6, 6.07) is 3.47. The Labute approximate surface area is 114 Å². The third kappa shape index (κ3) is 3.00. The summed E-state index contributed by atoms with van der Waals surface area (Å²) in [5.74, 6) is -1.21. The maximum absolute atomic E-state index is 13.9. The SMILES string of the molecule is CC(C)n1cc(Cc2cccc(C(F)(F)F)c2F)cn1. The van der Waals surface area contributed by atoms with Crippen LogP contribution in [0.15, 0.2) is 30.6 Å². The van der Waals surface area contributed by atoms with Crippen molar-refractivity contribution in [3.05, 3.63) is 53.1 Å². The molecule has 0 unspecified atom stereocenters. The Bertz CT molecular complexity index is 599. The van der Waals surface area contributed by atoms with Gasteiger partial charge in [-0.3, -0.25) is 4.68 Å². The van der Waals surface area contributed by atoms with E-state index < -0.39 is 17.6 Å². The molecule has 0 fully saturated rings. The van der Waals surface area contributed by atoms with E-state index in [4.69, 9.17) is 0 Å². The molecule has 2 nitrogen and oxygen atoms in total. The van der Waals surface area contributed by atoms with Gasteiger partial charge in [0.1, 0.15) is 5.82 Å². The van der Waals surface area contributed by atoms with Crippen LogP contribution in [-0.2, 0) is 12.6 Å². The molecule has 0 aliphatic rings. The Morgan fingerprint density at radius 2 is 1.95 bits per heavy atom. The maximum atomic E-state index is 13.9. The first-order chi connectivity index (χ1) is 9.29. The van der Waals surface area contributed by atoms with Crippen LogP contribution in [0.25, 0.3) is 0 Å². The van der Waals surface area contributed by atoms with E-state index in [2.05, 4.69) is 5.10 Å². The van der Waals surface area contributed by atoms with Crippen LogP contribution in [0.5, 0.6) is 0 Å². The number of benzene rings is 1. The predicted octanol–water partition coefficient (Wildman–Crippen LogP) is 4.21. The number of hydrogen-bond donors (Lipinski definition) is 0. The first-order valence-corrected chi connectivity index (χ1v) is 6.16. The molecule has 1 aromatic heterocycles. The quantitative estimate of drug-likeness (QED) is 0.773. The summed E-state index contributed by atoms with van der Waals surface area (Å²) < 4.78 is 53.4. The molecule has 0 atom stereocenters. The fourth-order valence-corrected chi connectivity index (χ4v) is 1.91. The standard InChI is InChI=1S/C14H14F4N2/c1-9(2)20-8-10(7-19-20)6-11-4-3-5-12(13(11)15)14(16,17)18/h3-5,7-9H,6H2,1-2H3. The van der Waals surface area contributed by atoms with Crippen LogP contribution >= 0.6 is 0 Å². The van der Waals surface area contributed by atoms with E-state index in [0.29, 0.717) is 5.56 Å². The minimum atomic E-state index is -4.68. The highest BCUT2D eigenvalue weighted by Crippen LogP contribution is 2.32. The van der Waals surface area contributed by atoms with Crippen molar-refractivity contribution < 1.29 is 17.6 Å². The zero-order valence-corrected chi connectivity index (χ0v) is 11.1. The van der Waals surface area contributed by atoms with E-state index in [9.17, 15) is 17.6 Å². The van der Waals surface area contributed by atoms with Crippen LogP contribution in [0.1, 0.15) is 36.6 Å². The molecular weight excluding hydrogens is 272 g/mol. The highest BCUT2D eigenvalue weighted by atomic mass is 19.4. The molecule has 6 heteroatoms. The van der Waals surface area contributed by atoms with Gasteiger partial charge in [0.15, 0.2) is 0 Å². The van der Waals surface area contributed by atoms with Crippen LogP contribution < -0.4 is 0 Å². The Kier molecular flexibility index (Phi) is 3.83. The molecule has 108 valence electrons. The fraction of sp³-hybridized carbons (Fsp3) is 0.357.